The zero-order valence-corrected chi connectivity index (χ0v) is 13.9. The molecular weight excluding hydrogens is 272 g/mol. The molecule has 0 amide bonds. The molecule has 0 aromatic heterocycles. The van der Waals surface area contributed by atoms with E-state index in [1.807, 2.05) is 0 Å². The quantitative estimate of drug-likeness (QED) is 0.841. The second kappa shape index (κ2) is 4.61. The van der Waals surface area contributed by atoms with Gasteiger partial charge in [-0.25, -0.2) is 0 Å². The molecule has 4 atom stereocenters. The summed E-state index contributed by atoms with van der Waals surface area (Å²) in [5.74, 6) is 1.56. The van der Waals surface area contributed by atoms with Gasteiger partial charge in [0.05, 0.1) is 13.2 Å². The lowest BCUT2D eigenvalue weighted by molar-refractivity contribution is 0.00214. The van der Waals surface area contributed by atoms with E-state index >= 15 is 0 Å². The summed E-state index contributed by atoms with van der Waals surface area (Å²) in [6.45, 7) is 4.74. The monoisotopic (exact) mass is 298 g/mol. The van der Waals surface area contributed by atoms with Crippen LogP contribution in [0.25, 0.3) is 5.57 Å². The molecule has 4 rings (SSSR count). The van der Waals surface area contributed by atoms with Crippen LogP contribution >= 0.6 is 0 Å². The average Bonchev–Trinajstić information content (AvgIpc) is 2.83. The second-order valence-corrected chi connectivity index (χ2v) is 7.91. The normalized spacial score (nSPS) is 39.5. The first-order chi connectivity index (χ1) is 10.5. The van der Waals surface area contributed by atoms with Crippen molar-refractivity contribution in [2.45, 2.75) is 52.1 Å². The molecule has 0 spiro atoms. The molecule has 2 heteroatoms. The van der Waals surface area contributed by atoms with E-state index in [0.29, 0.717) is 5.92 Å². The molecule has 0 heterocycles. The first kappa shape index (κ1) is 14.3. The SMILES string of the molecule is COc1ccc2c(c1)CC[C@]1(C)C2=CC[C@@]2(C)[C@H]1CC[C@@H]2O. The Balaban J connectivity index is 1.83. The van der Waals surface area contributed by atoms with Crippen molar-refractivity contribution in [3.05, 3.63) is 35.4 Å². The molecule has 1 fully saturated rings. The second-order valence-electron chi connectivity index (χ2n) is 7.91. The maximum atomic E-state index is 10.5. The number of allylic oxidation sites excluding steroid dienone is 2. The van der Waals surface area contributed by atoms with Gasteiger partial charge in [-0.2, -0.15) is 0 Å². The molecule has 1 aromatic rings. The van der Waals surface area contributed by atoms with Gasteiger partial charge in [0.2, 0.25) is 0 Å². The van der Waals surface area contributed by atoms with Crippen LogP contribution in [0.2, 0.25) is 0 Å². The van der Waals surface area contributed by atoms with Crippen LogP contribution < -0.4 is 4.74 Å². The van der Waals surface area contributed by atoms with E-state index in [0.717, 1.165) is 31.4 Å². The van der Waals surface area contributed by atoms with Gasteiger partial charge < -0.3 is 9.84 Å². The molecule has 0 radical (unpaired) electrons. The average molecular weight is 298 g/mol. The van der Waals surface area contributed by atoms with Crippen molar-refractivity contribution >= 4 is 5.57 Å². The van der Waals surface area contributed by atoms with Gasteiger partial charge in [-0.15, -0.1) is 0 Å². The van der Waals surface area contributed by atoms with Crippen molar-refractivity contribution in [3.63, 3.8) is 0 Å². The fourth-order valence-corrected chi connectivity index (χ4v) is 5.57. The Morgan fingerprint density at radius 2 is 2.05 bits per heavy atom. The van der Waals surface area contributed by atoms with Gasteiger partial charge in [0.25, 0.3) is 0 Å². The smallest absolute Gasteiger partial charge is 0.119 e. The standard InChI is InChI=1S/C20H26O2/c1-19-10-8-13-12-14(22-3)4-5-15(13)16(19)9-11-20(2)17(19)6-7-18(20)21/h4-5,9,12,17-18,21H,6-8,10-11H2,1-3H3/t17-,18-,19+,20-/m0/s1. The van der Waals surface area contributed by atoms with Crippen molar-refractivity contribution in [1.82, 2.24) is 0 Å². The summed E-state index contributed by atoms with van der Waals surface area (Å²) in [5, 5.41) is 10.5. The number of fused-ring (bicyclic) bond motifs is 5. The minimum atomic E-state index is -0.135. The Kier molecular flexibility index (Phi) is 3.00. The molecule has 0 bridgehead atoms. The molecular formula is C20H26O2. The van der Waals surface area contributed by atoms with Crippen LogP contribution in [-0.2, 0) is 6.42 Å². The number of ether oxygens (including phenoxy) is 1. The minimum Gasteiger partial charge on any atom is -0.497 e. The zero-order chi connectivity index (χ0) is 15.5. The number of methoxy groups -OCH3 is 1. The fraction of sp³-hybridized carbons (Fsp3) is 0.600. The van der Waals surface area contributed by atoms with E-state index in [1.165, 1.54) is 23.1 Å². The van der Waals surface area contributed by atoms with Gasteiger partial charge in [0.1, 0.15) is 5.75 Å². The lowest BCUT2D eigenvalue weighted by Crippen LogP contribution is -2.45. The molecule has 118 valence electrons. The van der Waals surface area contributed by atoms with Crippen molar-refractivity contribution in [3.8, 4) is 5.75 Å². The maximum Gasteiger partial charge on any atom is 0.119 e. The summed E-state index contributed by atoms with van der Waals surface area (Å²) in [7, 11) is 1.74. The molecule has 3 aliphatic rings. The summed E-state index contributed by atoms with van der Waals surface area (Å²) in [6, 6.07) is 6.53. The van der Waals surface area contributed by atoms with Gasteiger partial charge in [-0.1, -0.05) is 26.0 Å². The van der Waals surface area contributed by atoms with E-state index in [4.69, 9.17) is 4.74 Å². The number of benzene rings is 1. The number of rotatable bonds is 1. The molecule has 22 heavy (non-hydrogen) atoms. The Morgan fingerprint density at radius 3 is 2.82 bits per heavy atom. The van der Waals surface area contributed by atoms with Crippen LogP contribution in [0.4, 0.5) is 0 Å². The van der Waals surface area contributed by atoms with Gasteiger partial charge >= 0.3 is 0 Å². The Morgan fingerprint density at radius 1 is 1.23 bits per heavy atom. The highest BCUT2D eigenvalue weighted by Crippen LogP contribution is 2.64. The highest BCUT2D eigenvalue weighted by Gasteiger charge is 2.57. The lowest BCUT2D eigenvalue weighted by Gasteiger charge is -2.52. The third kappa shape index (κ3) is 1.70. The summed E-state index contributed by atoms with van der Waals surface area (Å²) in [5.41, 5.74) is 4.64. The number of aliphatic hydroxyl groups excluding tert-OH is 1. The van der Waals surface area contributed by atoms with Crippen LogP contribution in [0.15, 0.2) is 24.3 Å². The summed E-state index contributed by atoms with van der Waals surface area (Å²) in [6.07, 6.45) is 7.73. The predicted octanol–water partition coefficient (Wildman–Crippen LogP) is 4.21. The number of hydrogen-bond acceptors (Lipinski definition) is 2. The third-order valence-corrected chi connectivity index (χ3v) is 6.93. The van der Waals surface area contributed by atoms with Crippen molar-refractivity contribution in [2.75, 3.05) is 7.11 Å². The molecule has 0 aliphatic heterocycles. The highest BCUT2D eigenvalue weighted by atomic mass is 16.5. The van der Waals surface area contributed by atoms with Crippen molar-refractivity contribution in [2.24, 2.45) is 16.7 Å². The predicted molar refractivity (Wildman–Crippen MR) is 88.9 cm³/mol. The maximum absolute atomic E-state index is 10.5. The van der Waals surface area contributed by atoms with E-state index in [1.54, 1.807) is 7.11 Å². The summed E-state index contributed by atoms with van der Waals surface area (Å²) < 4.78 is 5.39. The summed E-state index contributed by atoms with van der Waals surface area (Å²) >= 11 is 0. The zero-order valence-electron chi connectivity index (χ0n) is 13.9. The molecule has 1 aromatic carbocycles. The van der Waals surface area contributed by atoms with Gasteiger partial charge in [0.15, 0.2) is 0 Å². The first-order valence-electron chi connectivity index (χ1n) is 8.55. The van der Waals surface area contributed by atoms with Crippen LogP contribution in [0.3, 0.4) is 0 Å². The molecule has 2 nitrogen and oxygen atoms in total. The minimum absolute atomic E-state index is 0.0717. The van der Waals surface area contributed by atoms with E-state index in [2.05, 4.69) is 38.1 Å². The van der Waals surface area contributed by atoms with Crippen LogP contribution in [0.5, 0.6) is 5.75 Å². The Bertz CT molecular complexity index is 647. The van der Waals surface area contributed by atoms with Gasteiger partial charge in [-0.05, 0) is 72.3 Å². The Labute approximate surface area is 133 Å². The van der Waals surface area contributed by atoms with Gasteiger partial charge in [-0.3, -0.25) is 0 Å². The summed E-state index contributed by atoms with van der Waals surface area (Å²) in [4.78, 5) is 0. The Hall–Kier alpha value is -1.28. The van der Waals surface area contributed by atoms with Gasteiger partial charge in [0, 0.05) is 5.41 Å². The van der Waals surface area contributed by atoms with Crippen LogP contribution in [0.1, 0.15) is 50.7 Å². The topological polar surface area (TPSA) is 29.5 Å². The van der Waals surface area contributed by atoms with Crippen LogP contribution in [0, 0.1) is 16.7 Å². The molecule has 0 saturated heterocycles. The van der Waals surface area contributed by atoms with Crippen molar-refractivity contribution in [1.29, 1.82) is 0 Å². The lowest BCUT2D eigenvalue weighted by atomic mass is 9.52. The van der Waals surface area contributed by atoms with E-state index < -0.39 is 0 Å². The third-order valence-electron chi connectivity index (χ3n) is 6.93. The molecule has 0 unspecified atom stereocenters. The molecule has 1 saturated carbocycles. The molecule has 3 aliphatic carbocycles. The van der Waals surface area contributed by atoms with E-state index in [-0.39, 0.29) is 16.9 Å². The number of hydrogen-bond donors (Lipinski definition) is 1. The van der Waals surface area contributed by atoms with Crippen LogP contribution in [-0.4, -0.2) is 18.3 Å². The largest absolute Gasteiger partial charge is 0.497 e. The molecule has 1 N–H and O–H groups in total. The van der Waals surface area contributed by atoms with Crippen molar-refractivity contribution < 1.29 is 9.84 Å². The highest BCUT2D eigenvalue weighted by molar-refractivity contribution is 5.76. The number of aryl methyl sites for hydroxylation is 1. The number of aliphatic hydroxyl groups is 1. The first-order valence-corrected chi connectivity index (χ1v) is 8.55. The van der Waals surface area contributed by atoms with E-state index in [9.17, 15) is 5.11 Å². The fourth-order valence-electron chi connectivity index (χ4n) is 5.57.